The number of amides is 1. The van der Waals surface area contributed by atoms with Crippen LogP contribution in [0.2, 0.25) is 0 Å². The van der Waals surface area contributed by atoms with E-state index >= 15 is 0 Å². The highest BCUT2D eigenvalue weighted by molar-refractivity contribution is 7.89. The van der Waals surface area contributed by atoms with Crippen LogP contribution in [-0.2, 0) is 14.8 Å². The molecule has 1 fully saturated rings. The minimum absolute atomic E-state index is 0.0469. The van der Waals surface area contributed by atoms with Crippen molar-refractivity contribution in [2.45, 2.75) is 25.7 Å². The third kappa shape index (κ3) is 4.36. The van der Waals surface area contributed by atoms with E-state index < -0.39 is 10.0 Å². The van der Waals surface area contributed by atoms with Crippen LogP contribution in [0, 0.1) is 20.8 Å². The van der Waals surface area contributed by atoms with E-state index in [4.69, 9.17) is 4.74 Å². The maximum absolute atomic E-state index is 12.9. The van der Waals surface area contributed by atoms with Crippen LogP contribution < -0.4 is 4.74 Å². The number of benzene rings is 2. The summed E-state index contributed by atoms with van der Waals surface area (Å²) >= 11 is 0. The molecule has 1 amide bonds. The molecule has 2 aromatic carbocycles. The molecule has 0 saturated carbocycles. The molecule has 7 heteroatoms. The van der Waals surface area contributed by atoms with Gasteiger partial charge in [0.1, 0.15) is 5.75 Å². The lowest BCUT2D eigenvalue weighted by Gasteiger charge is -2.34. The second-order valence-electron chi connectivity index (χ2n) is 7.09. The van der Waals surface area contributed by atoms with Crippen molar-refractivity contribution in [1.29, 1.82) is 0 Å². The van der Waals surface area contributed by atoms with Gasteiger partial charge in [-0.3, -0.25) is 4.79 Å². The van der Waals surface area contributed by atoms with Crippen LogP contribution in [0.3, 0.4) is 0 Å². The molecular formula is C21H26N2O4S. The van der Waals surface area contributed by atoms with Crippen molar-refractivity contribution in [3.8, 4) is 5.75 Å². The fourth-order valence-electron chi connectivity index (χ4n) is 3.15. The molecule has 1 aliphatic rings. The zero-order chi connectivity index (χ0) is 20.3. The summed E-state index contributed by atoms with van der Waals surface area (Å²) in [4.78, 5) is 14.4. The molecule has 0 unspecified atom stereocenters. The summed E-state index contributed by atoms with van der Waals surface area (Å²) in [5.74, 6) is 0.554. The van der Waals surface area contributed by atoms with Gasteiger partial charge in [0.15, 0.2) is 6.61 Å². The van der Waals surface area contributed by atoms with Gasteiger partial charge in [-0.2, -0.15) is 4.31 Å². The molecular weight excluding hydrogens is 376 g/mol. The average molecular weight is 403 g/mol. The number of nitrogens with zero attached hydrogens (tertiary/aromatic N) is 2. The van der Waals surface area contributed by atoms with E-state index in [9.17, 15) is 13.2 Å². The monoisotopic (exact) mass is 402 g/mol. The lowest BCUT2D eigenvalue weighted by molar-refractivity contribution is -0.134. The first-order chi connectivity index (χ1) is 13.3. The minimum atomic E-state index is -3.55. The van der Waals surface area contributed by atoms with Crippen molar-refractivity contribution in [3.05, 3.63) is 59.2 Å². The van der Waals surface area contributed by atoms with Gasteiger partial charge in [-0.1, -0.05) is 24.3 Å². The zero-order valence-corrected chi connectivity index (χ0v) is 17.3. The molecule has 0 radical (unpaired) electrons. The normalized spacial score (nSPS) is 15.5. The van der Waals surface area contributed by atoms with Crippen molar-refractivity contribution >= 4 is 15.9 Å². The Labute approximate surface area is 166 Å². The Kier molecular flexibility index (Phi) is 6.05. The Hall–Kier alpha value is -2.38. The van der Waals surface area contributed by atoms with Crippen molar-refractivity contribution in [3.63, 3.8) is 0 Å². The third-order valence-corrected chi connectivity index (χ3v) is 7.05. The van der Waals surface area contributed by atoms with Crippen LogP contribution in [0.5, 0.6) is 5.75 Å². The molecule has 1 aliphatic heterocycles. The van der Waals surface area contributed by atoms with E-state index in [1.54, 1.807) is 17.0 Å². The molecule has 2 aromatic rings. The number of aryl methyl sites for hydroxylation is 3. The van der Waals surface area contributed by atoms with Gasteiger partial charge in [0, 0.05) is 26.2 Å². The quantitative estimate of drug-likeness (QED) is 0.771. The van der Waals surface area contributed by atoms with Crippen LogP contribution in [0.1, 0.15) is 16.7 Å². The lowest BCUT2D eigenvalue weighted by Crippen LogP contribution is -2.51. The predicted octanol–water partition coefficient (Wildman–Crippen LogP) is 2.52. The number of ether oxygens (including phenoxy) is 1. The first kappa shape index (κ1) is 20.4. The number of para-hydroxylation sites is 1. The van der Waals surface area contributed by atoms with Crippen LogP contribution >= 0.6 is 0 Å². The molecule has 0 atom stereocenters. The Balaban J connectivity index is 1.58. The fourth-order valence-corrected chi connectivity index (χ4v) is 4.66. The zero-order valence-electron chi connectivity index (χ0n) is 16.5. The smallest absolute Gasteiger partial charge is 0.260 e. The van der Waals surface area contributed by atoms with E-state index in [0.717, 1.165) is 16.7 Å². The van der Waals surface area contributed by atoms with Gasteiger partial charge in [-0.05, 0) is 55.7 Å². The third-order valence-electron chi connectivity index (χ3n) is 5.15. The van der Waals surface area contributed by atoms with Crippen LogP contribution in [0.15, 0.2) is 47.4 Å². The summed E-state index contributed by atoms with van der Waals surface area (Å²) in [7, 11) is -3.55. The van der Waals surface area contributed by atoms with Gasteiger partial charge in [0.25, 0.3) is 5.91 Å². The number of rotatable bonds is 5. The van der Waals surface area contributed by atoms with Crippen molar-refractivity contribution in [2.75, 3.05) is 32.8 Å². The van der Waals surface area contributed by atoms with Crippen molar-refractivity contribution in [1.82, 2.24) is 9.21 Å². The van der Waals surface area contributed by atoms with E-state index in [0.29, 0.717) is 23.7 Å². The number of sulfonamides is 1. The standard InChI is InChI=1S/C21H26N2O4S/c1-16-8-9-19(14-18(16)3)28(25,26)23-12-10-22(11-13-23)21(24)15-27-20-7-5-4-6-17(20)2/h4-9,14H,10-13,15H2,1-3H3. The Morgan fingerprint density at radius 1 is 0.929 bits per heavy atom. The molecule has 3 rings (SSSR count). The summed E-state index contributed by atoms with van der Waals surface area (Å²) < 4.78 is 32.8. The van der Waals surface area contributed by atoms with Gasteiger partial charge in [-0.15, -0.1) is 0 Å². The highest BCUT2D eigenvalue weighted by atomic mass is 32.2. The predicted molar refractivity (Wildman–Crippen MR) is 108 cm³/mol. The minimum Gasteiger partial charge on any atom is -0.484 e. The second kappa shape index (κ2) is 8.32. The summed E-state index contributed by atoms with van der Waals surface area (Å²) in [6.45, 7) is 7.02. The molecule has 0 aromatic heterocycles. The molecule has 0 bridgehead atoms. The molecule has 28 heavy (non-hydrogen) atoms. The Bertz CT molecular complexity index is 964. The summed E-state index contributed by atoms with van der Waals surface area (Å²) in [6, 6.07) is 12.7. The number of carbonyl (C=O) groups excluding carboxylic acids is 1. The highest BCUT2D eigenvalue weighted by Crippen LogP contribution is 2.21. The fraction of sp³-hybridized carbons (Fsp3) is 0.381. The summed E-state index contributed by atoms with van der Waals surface area (Å²) in [6.07, 6.45) is 0. The number of carbonyl (C=O) groups is 1. The maximum atomic E-state index is 12.9. The Morgan fingerprint density at radius 3 is 2.25 bits per heavy atom. The first-order valence-corrected chi connectivity index (χ1v) is 10.8. The van der Waals surface area contributed by atoms with Gasteiger partial charge in [0.2, 0.25) is 10.0 Å². The number of piperazine rings is 1. The van der Waals surface area contributed by atoms with E-state index in [-0.39, 0.29) is 25.6 Å². The van der Waals surface area contributed by atoms with E-state index in [2.05, 4.69) is 0 Å². The summed E-state index contributed by atoms with van der Waals surface area (Å²) in [5, 5.41) is 0. The van der Waals surface area contributed by atoms with Gasteiger partial charge in [-0.25, -0.2) is 8.42 Å². The molecule has 1 saturated heterocycles. The number of hydrogen-bond donors (Lipinski definition) is 0. The van der Waals surface area contributed by atoms with E-state index in [1.807, 2.05) is 51.1 Å². The second-order valence-corrected chi connectivity index (χ2v) is 9.02. The molecule has 6 nitrogen and oxygen atoms in total. The average Bonchev–Trinajstić information content (AvgIpc) is 2.69. The molecule has 150 valence electrons. The van der Waals surface area contributed by atoms with Gasteiger partial charge < -0.3 is 9.64 Å². The molecule has 1 heterocycles. The topological polar surface area (TPSA) is 66.9 Å². The van der Waals surface area contributed by atoms with Gasteiger partial charge in [0.05, 0.1) is 4.90 Å². The van der Waals surface area contributed by atoms with Crippen LogP contribution in [0.4, 0.5) is 0 Å². The first-order valence-electron chi connectivity index (χ1n) is 9.32. The van der Waals surface area contributed by atoms with Crippen LogP contribution in [-0.4, -0.2) is 56.3 Å². The van der Waals surface area contributed by atoms with Crippen molar-refractivity contribution < 1.29 is 17.9 Å². The highest BCUT2D eigenvalue weighted by Gasteiger charge is 2.30. The number of hydrogen-bond acceptors (Lipinski definition) is 4. The maximum Gasteiger partial charge on any atom is 0.260 e. The van der Waals surface area contributed by atoms with E-state index in [1.165, 1.54) is 4.31 Å². The molecule has 0 spiro atoms. The molecule has 0 N–H and O–H groups in total. The van der Waals surface area contributed by atoms with Gasteiger partial charge >= 0.3 is 0 Å². The SMILES string of the molecule is Cc1ccc(S(=O)(=O)N2CCN(C(=O)COc3ccccc3C)CC2)cc1C. The lowest BCUT2D eigenvalue weighted by atomic mass is 10.1. The Morgan fingerprint density at radius 2 is 1.61 bits per heavy atom. The van der Waals surface area contributed by atoms with Crippen LogP contribution in [0.25, 0.3) is 0 Å². The largest absolute Gasteiger partial charge is 0.484 e. The summed E-state index contributed by atoms with van der Waals surface area (Å²) in [5.41, 5.74) is 2.98. The van der Waals surface area contributed by atoms with Crippen molar-refractivity contribution in [2.24, 2.45) is 0 Å². The molecule has 0 aliphatic carbocycles.